The molecular formula is C17H24F4N2O3. The highest BCUT2D eigenvalue weighted by Crippen LogP contribution is 2.42. The van der Waals surface area contributed by atoms with Crippen molar-refractivity contribution >= 4 is 11.8 Å². The molecule has 26 heavy (non-hydrogen) atoms. The van der Waals surface area contributed by atoms with Gasteiger partial charge in [-0.3, -0.25) is 9.59 Å². The van der Waals surface area contributed by atoms with Gasteiger partial charge >= 0.3 is 12.3 Å². The van der Waals surface area contributed by atoms with Gasteiger partial charge in [0.2, 0.25) is 11.8 Å². The number of rotatable bonds is 6. The van der Waals surface area contributed by atoms with Crippen LogP contribution in [-0.4, -0.2) is 72.9 Å². The number of hydrogen-bond acceptors (Lipinski definition) is 3. The summed E-state index contributed by atoms with van der Waals surface area (Å²) in [6.45, 7) is -0.531. The van der Waals surface area contributed by atoms with Crippen LogP contribution < -0.4 is 0 Å². The molecule has 3 fully saturated rings. The summed E-state index contributed by atoms with van der Waals surface area (Å²) in [7, 11) is 0. The van der Waals surface area contributed by atoms with E-state index in [1.807, 2.05) is 4.90 Å². The van der Waals surface area contributed by atoms with Gasteiger partial charge < -0.3 is 14.5 Å². The maximum absolute atomic E-state index is 12.8. The predicted molar refractivity (Wildman–Crippen MR) is 84.0 cm³/mol. The SMILES string of the molecule is O=C(COCC(F)(F)C(F)F)N1CCC[C@]2(CCC(=O)N(C3CC3)C2)C1. The summed E-state index contributed by atoms with van der Waals surface area (Å²) in [6, 6.07) is 0.325. The van der Waals surface area contributed by atoms with Crippen molar-refractivity contribution in [2.75, 3.05) is 32.8 Å². The van der Waals surface area contributed by atoms with Gasteiger partial charge in [-0.2, -0.15) is 8.78 Å². The van der Waals surface area contributed by atoms with Gasteiger partial charge in [0.25, 0.3) is 0 Å². The number of likely N-dealkylation sites (tertiary alicyclic amines) is 2. The molecule has 0 radical (unpaired) electrons. The first kappa shape index (κ1) is 19.4. The van der Waals surface area contributed by atoms with E-state index in [-0.39, 0.29) is 11.3 Å². The normalized spacial score (nSPS) is 27.5. The summed E-state index contributed by atoms with van der Waals surface area (Å²) >= 11 is 0. The maximum atomic E-state index is 12.8. The fourth-order valence-corrected chi connectivity index (χ4v) is 3.95. The van der Waals surface area contributed by atoms with Crippen molar-refractivity contribution in [3.63, 3.8) is 0 Å². The first-order valence-electron chi connectivity index (χ1n) is 9.03. The monoisotopic (exact) mass is 380 g/mol. The van der Waals surface area contributed by atoms with E-state index in [4.69, 9.17) is 0 Å². The molecule has 0 aromatic heterocycles. The van der Waals surface area contributed by atoms with Crippen LogP contribution in [0.1, 0.15) is 38.5 Å². The minimum Gasteiger partial charge on any atom is -0.365 e. The van der Waals surface area contributed by atoms with Crippen molar-refractivity contribution in [2.45, 2.75) is 56.9 Å². The minimum atomic E-state index is -4.25. The Morgan fingerprint density at radius 1 is 1.27 bits per heavy atom. The zero-order valence-electron chi connectivity index (χ0n) is 14.6. The van der Waals surface area contributed by atoms with Crippen LogP contribution in [0.5, 0.6) is 0 Å². The van der Waals surface area contributed by atoms with Crippen LogP contribution in [0.2, 0.25) is 0 Å². The highest BCUT2D eigenvalue weighted by molar-refractivity contribution is 5.79. The van der Waals surface area contributed by atoms with E-state index in [1.165, 1.54) is 0 Å². The van der Waals surface area contributed by atoms with Crippen LogP contribution in [0.4, 0.5) is 17.6 Å². The Hall–Kier alpha value is -1.38. The molecule has 0 unspecified atom stereocenters. The molecular weight excluding hydrogens is 356 g/mol. The number of hydrogen-bond donors (Lipinski definition) is 0. The molecule has 1 saturated carbocycles. The second-order valence-electron chi connectivity index (χ2n) is 7.73. The second-order valence-corrected chi connectivity index (χ2v) is 7.73. The number of halogens is 4. The number of amides is 2. The van der Waals surface area contributed by atoms with Gasteiger partial charge in [0.15, 0.2) is 0 Å². The quantitative estimate of drug-likeness (QED) is 0.665. The van der Waals surface area contributed by atoms with Gasteiger partial charge in [-0.15, -0.1) is 0 Å². The lowest BCUT2D eigenvalue weighted by Crippen LogP contribution is -2.56. The van der Waals surface area contributed by atoms with Crippen molar-refractivity contribution in [2.24, 2.45) is 5.41 Å². The standard InChI is InChI=1S/C17H24F4N2O3/c18-15(19)17(20,21)11-26-8-14(25)22-7-1-5-16(9-22)6-4-13(24)23(10-16)12-2-3-12/h12,15H,1-11H2/t16-/m0/s1. The van der Waals surface area contributed by atoms with E-state index < -0.39 is 31.5 Å². The lowest BCUT2D eigenvalue weighted by atomic mass is 9.73. The van der Waals surface area contributed by atoms with Crippen LogP contribution >= 0.6 is 0 Å². The highest BCUT2D eigenvalue weighted by atomic mass is 19.3. The number of alkyl halides is 4. The Morgan fingerprint density at radius 2 is 2.00 bits per heavy atom. The van der Waals surface area contributed by atoms with E-state index in [0.717, 1.165) is 25.7 Å². The molecule has 0 aromatic rings. The number of nitrogens with zero attached hydrogens (tertiary/aromatic N) is 2. The van der Waals surface area contributed by atoms with E-state index in [1.54, 1.807) is 4.90 Å². The number of carbonyl (C=O) groups is 2. The molecule has 2 saturated heterocycles. The van der Waals surface area contributed by atoms with Crippen molar-refractivity contribution in [1.29, 1.82) is 0 Å². The topological polar surface area (TPSA) is 49.9 Å². The fourth-order valence-electron chi connectivity index (χ4n) is 3.95. The molecule has 5 nitrogen and oxygen atoms in total. The van der Waals surface area contributed by atoms with Crippen molar-refractivity contribution in [3.8, 4) is 0 Å². The van der Waals surface area contributed by atoms with Gasteiger partial charge in [-0.1, -0.05) is 0 Å². The number of carbonyl (C=O) groups excluding carboxylic acids is 2. The van der Waals surface area contributed by atoms with Crippen molar-refractivity contribution in [1.82, 2.24) is 9.80 Å². The molecule has 0 aromatic carbocycles. The molecule has 3 aliphatic rings. The van der Waals surface area contributed by atoms with Crippen LogP contribution in [0.3, 0.4) is 0 Å². The summed E-state index contributed by atoms with van der Waals surface area (Å²) in [5.74, 6) is -4.55. The molecule has 1 spiro atoms. The highest BCUT2D eigenvalue weighted by Gasteiger charge is 2.46. The maximum Gasteiger partial charge on any atom is 0.330 e. The van der Waals surface area contributed by atoms with Crippen LogP contribution in [0.25, 0.3) is 0 Å². The van der Waals surface area contributed by atoms with Crippen molar-refractivity contribution < 1.29 is 31.9 Å². The third-order valence-corrected chi connectivity index (χ3v) is 5.54. The smallest absolute Gasteiger partial charge is 0.330 e. The molecule has 2 heterocycles. The molecule has 3 rings (SSSR count). The van der Waals surface area contributed by atoms with Crippen LogP contribution in [0.15, 0.2) is 0 Å². The summed E-state index contributed by atoms with van der Waals surface area (Å²) in [5, 5.41) is 0. The van der Waals surface area contributed by atoms with E-state index in [9.17, 15) is 27.2 Å². The molecule has 9 heteroatoms. The number of ether oxygens (including phenoxy) is 1. The first-order valence-corrected chi connectivity index (χ1v) is 9.03. The average Bonchev–Trinajstić information content (AvgIpc) is 3.42. The summed E-state index contributed by atoms with van der Waals surface area (Å²) in [5.41, 5.74) is -0.155. The van der Waals surface area contributed by atoms with Gasteiger partial charge in [-0.25, -0.2) is 8.78 Å². The molecule has 2 aliphatic heterocycles. The second kappa shape index (κ2) is 7.32. The summed E-state index contributed by atoms with van der Waals surface area (Å²) < 4.78 is 54.5. The summed E-state index contributed by atoms with van der Waals surface area (Å²) in [4.78, 5) is 27.8. The molecule has 2 amide bonds. The van der Waals surface area contributed by atoms with Gasteiger partial charge in [0.05, 0.1) is 0 Å². The Kier molecular flexibility index (Phi) is 5.46. The lowest BCUT2D eigenvalue weighted by Gasteiger charge is -2.48. The van der Waals surface area contributed by atoms with E-state index >= 15 is 0 Å². The average molecular weight is 380 g/mol. The van der Waals surface area contributed by atoms with Crippen LogP contribution in [-0.2, 0) is 14.3 Å². The lowest BCUT2D eigenvalue weighted by molar-refractivity contribution is -0.172. The van der Waals surface area contributed by atoms with Gasteiger partial charge in [0, 0.05) is 37.5 Å². The van der Waals surface area contributed by atoms with E-state index in [0.29, 0.717) is 38.5 Å². The Labute approximate surface area is 149 Å². The fraction of sp³-hybridized carbons (Fsp3) is 0.882. The minimum absolute atomic E-state index is 0.155. The largest absolute Gasteiger partial charge is 0.365 e. The predicted octanol–water partition coefficient (Wildman–Crippen LogP) is 2.30. The number of piperidine rings is 2. The van der Waals surface area contributed by atoms with E-state index in [2.05, 4.69) is 4.74 Å². The molecule has 148 valence electrons. The Bertz CT molecular complexity index is 556. The van der Waals surface area contributed by atoms with Gasteiger partial charge in [0.1, 0.15) is 13.2 Å². The zero-order valence-corrected chi connectivity index (χ0v) is 14.6. The Balaban J connectivity index is 1.53. The zero-order chi connectivity index (χ0) is 18.9. The first-order chi connectivity index (χ1) is 12.2. The molecule has 0 N–H and O–H groups in total. The third kappa shape index (κ3) is 4.29. The third-order valence-electron chi connectivity index (χ3n) is 5.54. The van der Waals surface area contributed by atoms with Gasteiger partial charge in [-0.05, 0) is 32.1 Å². The molecule has 0 bridgehead atoms. The van der Waals surface area contributed by atoms with Crippen LogP contribution in [0, 0.1) is 5.41 Å². The van der Waals surface area contributed by atoms with Crippen molar-refractivity contribution in [3.05, 3.63) is 0 Å². The molecule has 1 aliphatic carbocycles. The Morgan fingerprint density at radius 3 is 2.65 bits per heavy atom. The summed E-state index contributed by atoms with van der Waals surface area (Å²) in [6.07, 6.45) is 1.10. The molecule has 1 atom stereocenters.